The number of rotatable bonds is 3. The average Bonchev–Trinajstić information content (AvgIpc) is 2.69. The molecular formula is C18H22N2O. The Balaban J connectivity index is 2.07. The highest BCUT2D eigenvalue weighted by Gasteiger charge is 2.21. The minimum Gasteiger partial charge on any atom is -0.347 e. The summed E-state index contributed by atoms with van der Waals surface area (Å²) in [4.78, 5) is 13.8. The van der Waals surface area contributed by atoms with Crippen molar-refractivity contribution in [2.24, 2.45) is 5.92 Å². The zero-order valence-electron chi connectivity index (χ0n) is 12.8. The molecule has 0 saturated carbocycles. The fraction of sp³-hybridized carbons (Fsp3) is 0.389. The van der Waals surface area contributed by atoms with E-state index in [1.54, 1.807) is 0 Å². The molecule has 0 N–H and O–H groups in total. The molecule has 0 atom stereocenters. The minimum atomic E-state index is 0.0206. The number of hydrogen-bond donors (Lipinski definition) is 0. The predicted octanol–water partition coefficient (Wildman–Crippen LogP) is 3.37. The third-order valence-electron chi connectivity index (χ3n) is 4.13. The first-order valence-electron chi connectivity index (χ1n) is 7.61. The highest BCUT2D eigenvalue weighted by molar-refractivity contribution is 5.90. The van der Waals surface area contributed by atoms with Crippen LogP contribution in [0.25, 0.3) is 10.9 Å². The maximum absolute atomic E-state index is 11.9. The van der Waals surface area contributed by atoms with Crippen molar-refractivity contribution in [3.05, 3.63) is 48.2 Å². The van der Waals surface area contributed by atoms with Crippen LogP contribution in [0.3, 0.4) is 0 Å². The summed E-state index contributed by atoms with van der Waals surface area (Å²) in [5, 5.41) is 1.34. The van der Waals surface area contributed by atoms with Gasteiger partial charge in [0.25, 0.3) is 0 Å². The molecule has 1 aromatic carbocycles. The standard InChI is InChI=1S/C18H22N2O/c1-4-17(21)19-9-8-15-12-20(10-13(2)3)16-7-5-6-14(11-19)18(15)16/h4-7,12-13H,1,8-11H2,2-3H3. The molecular weight excluding hydrogens is 260 g/mol. The summed E-state index contributed by atoms with van der Waals surface area (Å²) >= 11 is 0. The number of amides is 1. The molecule has 0 saturated heterocycles. The van der Waals surface area contributed by atoms with Crippen LogP contribution in [0.2, 0.25) is 0 Å². The number of carbonyl (C=O) groups excluding carboxylic acids is 1. The van der Waals surface area contributed by atoms with E-state index in [9.17, 15) is 4.79 Å². The van der Waals surface area contributed by atoms with Gasteiger partial charge < -0.3 is 9.47 Å². The van der Waals surface area contributed by atoms with Gasteiger partial charge in [-0.1, -0.05) is 32.6 Å². The van der Waals surface area contributed by atoms with E-state index in [1.165, 1.54) is 28.1 Å². The first-order valence-corrected chi connectivity index (χ1v) is 7.61. The number of carbonyl (C=O) groups is 1. The molecule has 0 unspecified atom stereocenters. The molecule has 1 aliphatic heterocycles. The van der Waals surface area contributed by atoms with Gasteiger partial charge in [-0.3, -0.25) is 4.79 Å². The van der Waals surface area contributed by atoms with Gasteiger partial charge in [0.05, 0.1) is 0 Å². The average molecular weight is 282 g/mol. The smallest absolute Gasteiger partial charge is 0.246 e. The molecule has 3 nitrogen and oxygen atoms in total. The molecule has 0 aliphatic carbocycles. The van der Waals surface area contributed by atoms with E-state index in [0.29, 0.717) is 12.5 Å². The third kappa shape index (κ3) is 2.48. The van der Waals surface area contributed by atoms with E-state index < -0.39 is 0 Å². The Hall–Kier alpha value is -2.03. The molecule has 0 bridgehead atoms. The summed E-state index contributed by atoms with van der Waals surface area (Å²) in [5.41, 5.74) is 3.91. The van der Waals surface area contributed by atoms with Crippen molar-refractivity contribution in [1.29, 1.82) is 0 Å². The van der Waals surface area contributed by atoms with Crippen LogP contribution in [-0.4, -0.2) is 21.9 Å². The lowest BCUT2D eigenvalue weighted by Gasteiger charge is -2.19. The van der Waals surface area contributed by atoms with Gasteiger partial charge in [-0.05, 0) is 35.6 Å². The Morgan fingerprint density at radius 2 is 2.19 bits per heavy atom. The maximum Gasteiger partial charge on any atom is 0.246 e. The third-order valence-corrected chi connectivity index (χ3v) is 4.13. The summed E-state index contributed by atoms with van der Waals surface area (Å²) in [6.45, 7) is 10.6. The molecule has 0 fully saturated rings. The van der Waals surface area contributed by atoms with E-state index in [0.717, 1.165) is 19.5 Å². The van der Waals surface area contributed by atoms with Gasteiger partial charge in [-0.25, -0.2) is 0 Å². The van der Waals surface area contributed by atoms with Crippen LogP contribution in [0, 0.1) is 5.92 Å². The van der Waals surface area contributed by atoms with Crippen molar-refractivity contribution in [2.75, 3.05) is 6.54 Å². The number of aromatic nitrogens is 1. The Morgan fingerprint density at radius 1 is 1.38 bits per heavy atom. The van der Waals surface area contributed by atoms with Crippen molar-refractivity contribution in [3.63, 3.8) is 0 Å². The van der Waals surface area contributed by atoms with Gasteiger partial charge in [-0.2, -0.15) is 0 Å². The van der Waals surface area contributed by atoms with E-state index in [1.807, 2.05) is 4.90 Å². The second-order valence-corrected chi connectivity index (χ2v) is 6.23. The minimum absolute atomic E-state index is 0.0206. The van der Waals surface area contributed by atoms with Crippen LogP contribution < -0.4 is 0 Å². The van der Waals surface area contributed by atoms with Gasteiger partial charge in [0, 0.05) is 36.7 Å². The lowest BCUT2D eigenvalue weighted by Crippen LogP contribution is -2.29. The van der Waals surface area contributed by atoms with Crippen molar-refractivity contribution in [3.8, 4) is 0 Å². The Labute approximate surface area is 125 Å². The molecule has 3 rings (SSSR count). The number of hydrogen-bond acceptors (Lipinski definition) is 1. The monoisotopic (exact) mass is 282 g/mol. The second kappa shape index (κ2) is 5.40. The maximum atomic E-state index is 11.9. The molecule has 0 radical (unpaired) electrons. The topological polar surface area (TPSA) is 25.2 Å². The first-order chi connectivity index (χ1) is 10.1. The van der Waals surface area contributed by atoms with Crippen LogP contribution in [0.15, 0.2) is 37.1 Å². The van der Waals surface area contributed by atoms with Crippen LogP contribution >= 0.6 is 0 Å². The van der Waals surface area contributed by atoms with Crippen LogP contribution in [0.1, 0.15) is 25.0 Å². The van der Waals surface area contributed by atoms with Crippen LogP contribution in [0.4, 0.5) is 0 Å². The van der Waals surface area contributed by atoms with Gasteiger partial charge in [0.1, 0.15) is 0 Å². The summed E-state index contributed by atoms with van der Waals surface area (Å²) < 4.78 is 2.36. The summed E-state index contributed by atoms with van der Waals surface area (Å²) in [7, 11) is 0. The lowest BCUT2D eigenvalue weighted by molar-refractivity contribution is -0.126. The van der Waals surface area contributed by atoms with Crippen LogP contribution in [0.5, 0.6) is 0 Å². The fourth-order valence-corrected chi connectivity index (χ4v) is 3.24. The first kappa shape index (κ1) is 13.9. The van der Waals surface area contributed by atoms with Crippen LogP contribution in [-0.2, 0) is 24.3 Å². The molecule has 0 spiro atoms. The molecule has 110 valence electrons. The molecule has 2 heterocycles. The van der Waals surface area contributed by atoms with Gasteiger partial charge >= 0.3 is 0 Å². The van der Waals surface area contributed by atoms with Crippen molar-refractivity contribution in [2.45, 2.75) is 33.4 Å². The zero-order valence-corrected chi connectivity index (χ0v) is 12.8. The lowest BCUT2D eigenvalue weighted by atomic mass is 10.1. The summed E-state index contributed by atoms with van der Waals surface area (Å²) in [5.74, 6) is 0.645. The summed E-state index contributed by atoms with van der Waals surface area (Å²) in [6, 6.07) is 6.43. The Bertz CT molecular complexity index is 697. The van der Waals surface area contributed by atoms with E-state index in [4.69, 9.17) is 0 Å². The fourth-order valence-electron chi connectivity index (χ4n) is 3.24. The number of benzene rings is 1. The SMILES string of the molecule is C=CC(=O)N1CCc2cn(CC(C)C)c3cccc(c23)C1. The highest BCUT2D eigenvalue weighted by atomic mass is 16.2. The molecule has 1 aromatic heterocycles. The van der Waals surface area contributed by atoms with Gasteiger partial charge in [0.15, 0.2) is 0 Å². The molecule has 21 heavy (non-hydrogen) atoms. The predicted molar refractivity (Wildman–Crippen MR) is 86.1 cm³/mol. The molecule has 2 aromatic rings. The molecule has 1 amide bonds. The normalized spacial score (nSPS) is 14.5. The van der Waals surface area contributed by atoms with Gasteiger partial charge in [-0.15, -0.1) is 0 Å². The quantitative estimate of drug-likeness (QED) is 0.792. The number of nitrogens with zero attached hydrogens (tertiary/aromatic N) is 2. The largest absolute Gasteiger partial charge is 0.347 e. The zero-order chi connectivity index (χ0) is 15.0. The van der Waals surface area contributed by atoms with Crippen molar-refractivity contribution >= 4 is 16.8 Å². The van der Waals surface area contributed by atoms with E-state index >= 15 is 0 Å². The highest BCUT2D eigenvalue weighted by Crippen LogP contribution is 2.30. The van der Waals surface area contributed by atoms with E-state index in [2.05, 4.69) is 49.4 Å². The van der Waals surface area contributed by atoms with Crippen molar-refractivity contribution < 1.29 is 4.79 Å². The molecule has 3 heteroatoms. The van der Waals surface area contributed by atoms with E-state index in [-0.39, 0.29) is 5.91 Å². The Morgan fingerprint density at radius 3 is 2.90 bits per heavy atom. The second-order valence-electron chi connectivity index (χ2n) is 6.23. The Kier molecular flexibility index (Phi) is 3.58. The van der Waals surface area contributed by atoms with Gasteiger partial charge in [0.2, 0.25) is 5.91 Å². The van der Waals surface area contributed by atoms with Crippen molar-refractivity contribution in [1.82, 2.24) is 9.47 Å². The summed E-state index contributed by atoms with van der Waals surface area (Å²) in [6.07, 6.45) is 4.60. The molecule has 1 aliphatic rings.